The highest BCUT2D eigenvalue weighted by molar-refractivity contribution is 5.90. The van der Waals surface area contributed by atoms with Gasteiger partial charge in [-0.15, -0.1) is 0 Å². The lowest BCUT2D eigenvalue weighted by Crippen LogP contribution is -2.64. The number of hydrogen-bond donors (Lipinski definition) is 0. The first-order chi connectivity index (χ1) is 30.2. The molecule has 5 rings (SSSR count). The van der Waals surface area contributed by atoms with E-state index in [1.807, 2.05) is 0 Å². The van der Waals surface area contributed by atoms with Crippen LogP contribution in [0.15, 0.2) is 51.9 Å². The molecule has 0 radical (unpaired) electrons. The van der Waals surface area contributed by atoms with Crippen LogP contribution in [0, 0.1) is 0 Å². The summed E-state index contributed by atoms with van der Waals surface area (Å²) >= 11 is 0. The summed E-state index contributed by atoms with van der Waals surface area (Å²) < 4.78 is 73.2. The zero-order chi connectivity index (χ0) is 47.0. The van der Waals surface area contributed by atoms with Crippen LogP contribution in [0.25, 0.3) is 22.1 Å². The number of hydrogen-bond acceptors (Lipinski definition) is 22. The van der Waals surface area contributed by atoms with Crippen LogP contribution in [0.2, 0.25) is 0 Å². The van der Waals surface area contributed by atoms with E-state index < -0.39 is 122 Å². The predicted molar refractivity (Wildman–Crippen MR) is 209 cm³/mol. The van der Waals surface area contributed by atoms with E-state index >= 15 is 0 Å². The van der Waals surface area contributed by atoms with Crippen molar-refractivity contribution in [3.63, 3.8) is 0 Å². The first kappa shape index (κ1) is 48.1. The Hall–Kier alpha value is -6.91. The minimum absolute atomic E-state index is 0.0389. The van der Waals surface area contributed by atoms with E-state index in [1.54, 1.807) is 0 Å². The number of benzene rings is 2. The van der Waals surface area contributed by atoms with Gasteiger partial charge in [0.1, 0.15) is 40.6 Å². The number of rotatable bonds is 14. The standard InChI is InChI=1S/C42H44O22/c1-18(43)55-27-11-9-26(10-12-27)29-15-52-30-13-28(14-31(56-19(2)44)34(30)35(29)51)63-42-40(62-25(8)50)38(60-23(6)48)36(58-21(4)46)33(64-42)17-54-41-39(61-24(7)49)37(59-22(5)47)32(16-53-41)57-20(3)45/h9-15,32-33,36-42H,16-17H2,1-8H3/t32-,33-,36-,37-,38+,39-,40-,41-,42-/m0/s1. The van der Waals surface area contributed by atoms with E-state index in [2.05, 4.69) is 0 Å². The van der Waals surface area contributed by atoms with Crippen molar-refractivity contribution >= 4 is 58.7 Å². The maximum Gasteiger partial charge on any atom is 0.308 e. The summed E-state index contributed by atoms with van der Waals surface area (Å²) in [5.74, 6) is -6.93. The molecule has 64 heavy (non-hydrogen) atoms. The van der Waals surface area contributed by atoms with E-state index in [9.17, 15) is 43.2 Å². The fraction of sp³-hybridized carbons (Fsp3) is 0.452. The Labute approximate surface area is 363 Å². The van der Waals surface area contributed by atoms with Gasteiger partial charge >= 0.3 is 47.8 Å². The van der Waals surface area contributed by atoms with Crippen LogP contribution in [0.3, 0.4) is 0 Å². The molecule has 22 heteroatoms. The van der Waals surface area contributed by atoms with Crippen LogP contribution in [-0.4, -0.2) is 116 Å². The summed E-state index contributed by atoms with van der Waals surface area (Å²) in [6, 6.07) is 8.30. The van der Waals surface area contributed by atoms with Gasteiger partial charge in [0.05, 0.1) is 18.8 Å². The van der Waals surface area contributed by atoms with Crippen molar-refractivity contribution in [2.75, 3.05) is 13.2 Å². The van der Waals surface area contributed by atoms with E-state index in [0.29, 0.717) is 5.56 Å². The molecule has 2 saturated heterocycles. The molecule has 1 aromatic heterocycles. The number of ether oxygens (including phenoxy) is 12. The van der Waals surface area contributed by atoms with Crippen molar-refractivity contribution in [1.82, 2.24) is 0 Å². The fourth-order valence-electron chi connectivity index (χ4n) is 6.82. The Morgan fingerprint density at radius 1 is 0.578 bits per heavy atom. The second-order valence-corrected chi connectivity index (χ2v) is 14.2. The molecule has 2 aromatic carbocycles. The Morgan fingerprint density at radius 2 is 1.11 bits per heavy atom. The van der Waals surface area contributed by atoms with Crippen LogP contribution in [0.5, 0.6) is 17.2 Å². The Bertz CT molecular complexity index is 2330. The van der Waals surface area contributed by atoms with E-state index in [0.717, 1.165) is 60.8 Å². The highest BCUT2D eigenvalue weighted by atomic mass is 16.8. The van der Waals surface area contributed by atoms with Crippen LogP contribution in [0.4, 0.5) is 0 Å². The quantitative estimate of drug-likeness (QED) is 0.128. The summed E-state index contributed by atoms with van der Waals surface area (Å²) in [5.41, 5.74) is -0.401. The van der Waals surface area contributed by atoms with Gasteiger partial charge in [0.15, 0.2) is 36.8 Å². The maximum absolute atomic E-state index is 14.0. The molecule has 0 aliphatic carbocycles. The van der Waals surface area contributed by atoms with Gasteiger partial charge in [-0.2, -0.15) is 0 Å². The number of carbonyl (C=O) groups excluding carboxylic acids is 8. The van der Waals surface area contributed by atoms with Crippen molar-refractivity contribution in [2.24, 2.45) is 0 Å². The summed E-state index contributed by atoms with van der Waals surface area (Å²) in [4.78, 5) is 112. The van der Waals surface area contributed by atoms with E-state index in [-0.39, 0.29) is 33.8 Å². The highest BCUT2D eigenvalue weighted by Crippen LogP contribution is 2.36. The normalized spacial score (nSPS) is 24.0. The average molecular weight is 901 g/mol. The lowest BCUT2D eigenvalue weighted by molar-refractivity contribution is -0.313. The first-order valence-electron chi connectivity index (χ1n) is 19.4. The van der Waals surface area contributed by atoms with Crippen molar-refractivity contribution in [3.8, 4) is 28.4 Å². The molecule has 3 heterocycles. The van der Waals surface area contributed by atoms with Crippen LogP contribution in [-0.2, 0) is 81.0 Å². The van der Waals surface area contributed by atoms with Crippen LogP contribution in [0.1, 0.15) is 55.4 Å². The lowest BCUT2D eigenvalue weighted by atomic mass is 9.98. The molecule has 2 aliphatic rings. The predicted octanol–water partition coefficient (Wildman–Crippen LogP) is 2.38. The first-order valence-corrected chi connectivity index (χ1v) is 19.4. The topological polar surface area (TPSA) is 278 Å². The zero-order valence-electron chi connectivity index (χ0n) is 35.6. The third kappa shape index (κ3) is 12.4. The van der Waals surface area contributed by atoms with Gasteiger partial charge in [0.2, 0.25) is 17.8 Å². The van der Waals surface area contributed by atoms with E-state index in [1.165, 1.54) is 37.3 Å². The smallest absolute Gasteiger partial charge is 0.308 e. The Morgan fingerprint density at radius 3 is 1.67 bits per heavy atom. The molecule has 0 unspecified atom stereocenters. The third-order valence-corrected chi connectivity index (χ3v) is 8.97. The molecule has 9 atom stereocenters. The number of fused-ring (bicyclic) bond motifs is 1. The molecule has 0 saturated carbocycles. The van der Waals surface area contributed by atoms with Crippen molar-refractivity contribution < 1.29 is 99.6 Å². The fourth-order valence-corrected chi connectivity index (χ4v) is 6.82. The van der Waals surface area contributed by atoms with Gasteiger partial charge in [0, 0.05) is 67.5 Å². The molecule has 22 nitrogen and oxygen atoms in total. The number of carbonyl (C=O) groups is 8. The Balaban J connectivity index is 1.55. The molecular weight excluding hydrogens is 856 g/mol. The minimum Gasteiger partial charge on any atom is -0.463 e. The van der Waals surface area contributed by atoms with Crippen molar-refractivity contribution in [3.05, 3.63) is 52.9 Å². The SMILES string of the molecule is CC(=O)Oc1ccc(-c2coc3cc(O[C@H]4O[C@@H](CO[C@@H]5OC[C@H](OC(C)=O)[C@H](OC(C)=O)[C@@H]5OC(C)=O)[C@H](OC(C)=O)[C@@H](OC(C)=O)[C@@H]4OC(C)=O)cc(OC(C)=O)c3c2=O)cc1. The molecular formula is C42H44O22. The molecule has 0 spiro atoms. The summed E-state index contributed by atoms with van der Waals surface area (Å²) in [6.45, 7) is 7.55. The van der Waals surface area contributed by atoms with E-state index in [4.69, 9.17) is 61.3 Å². The maximum atomic E-state index is 14.0. The van der Waals surface area contributed by atoms with Gasteiger partial charge in [-0.3, -0.25) is 43.2 Å². The lowest BCUT2D eigenvalue weighted by Gasteiger charge is -2.45. The average Bonchev–Trinajstić information content (AvgIpc) is 3.17. The molecule has 0 bridgehead atoms. The monoisotopic (exact) mass is 900 g/mol. The van der Waals surface area contributed by atoms with Gasteiger partial charge in [0.25, 0.3) is 0 Å². The van der Waals surface area contributed by atoms with Crippen molar-refractivity contribution in [2.45, 2.75) is 111 Å². The summed E-state index contributed by atoms with van der Waals surface area (Å²) in [7, 11) is 0. The van der Waals surface area contributed by atoms with Crippen LogP contribution < -0.4 is 19.6 Å². The zero-order valence-corrected chi connectivity index (χ0v) is 35.6. The third-order valence-electron chi connectivity index (χ3n) is 8.97. The van der Waals surface area contributed by atoms with Crippen LogP contribution >= 0.6 is 0 Å². The van der Waals surface area contributed by atoms with Gasteiger partial charge in [-0.1, -0.05) is 12.1 Å². The second kappa shape index (κ2) is 21.0. The van der Waals surface area contributed by atoms with Gasteiger partial charge in [-0.05, 0) is 17.7 Å². The van der Waals surface area contributed by atoms with Gasteiger partial charge < -0.3 is 61.3 Å². The molecule has 344 valence electrons. The Kier molecular flexibility index (Phi) is 15.8. The summed E-state index contributed by atoms with van der Waals surface area (Å²) in [5, 5.41) is -0.193. The molecule has 2 aliphatic heterocycles. The number of esters is 8. The van der Waals surface area contributed by atoms with Crippen molar-refractivity contribution in [1.29, 1.82) is 0 Å². The molecule has 2 fully saturated rings. The minimum atomic E-state index is -1.78. The molecule has 0 amide bonds. The second-order valence-electron chi connectivity index (χ2n) is 14.2. The highest BCUT2D eigenvalue weighted by Gasteiger charge is 2.54. The molecule has 3 aromatic rings. The summed E-state index contributed by atoms with van der Waals surface area (Å²) in [6.07, 6.45) is -12.9. The largest absolute Gasteiger partial charge is 0.463 e. The molecule has 0 N–H and O–H groups in total. The van der Waals surface area contributed by atoms with Gasteiger partial charge in [-0.25, -0.2) is 0 Å².